The van der Waals surface area contributed by atoms with Gasteiger partial charge in [0, 0.05) is 11.6 Å². The number of pyridine rings is 2. The second-order valence-electron chi connectivity index (χ2n) is 6.91. The molecule has 2 aromatic heterocycles. The van der Waals surface area contributed by atoms with E-state index in [1.165, 1.54) is 0 Å². The standard InChI is InChI=1S/C24H21N3O3/c1-15-6-11-21-17(13-15)14-20(16(2)26-21)23(28)27-22-5-4-12-25-24(22)30-19-9-7-18(29-3)8-10-19/h4-14H,1-3H3,(H,27,28). The minimum Gasteiger partial charge on any atom is -0.497 e. The Morgan fingerprint density at radius 1 is 0.967 bits per heavy atom. The maximum absolute atomic E-state index is 13.0. The normalized spacial score (nSPS) is 10.6. The third-order valence-electron chi connectivity index (χ3n) is 4.70. The molecule has 0 unspecified atom stereocenters. The smallest absolute Gasteiger partial charge is 0.257 e. The Morgan fingerprint density at radius 2 is 1.73 bits per heavy atom. The van der Waals surface area contributed by atoms with Crippen LogP contribution >= 0.6 is 0 Å². The van der Waals surface area contributed by atoms with Gasteiger partial charge in [0.15, 0.2) is 0 Å². The van der Waals surface area contributed by atoms with Crippen LogP contribution in [-0.2, 0) is 0 Å². The molecule has 0 atom stereocenters. The summed E-state index contributed by atoms with van der Waals surface area (Å²) in [7, 11) is 1.60. The summed E-state index contributed by atoms with van der Waals surface area (Å²) in [5, 5.41) is 3.82. The molecule has 1 amide bonds. The van der Waals surface area contributed by atoms with Crippen LogP contribution in [0.25, 0.3) is 10.9 Å². The summed E-state index contributed by atoms with van der Waals surface area (Å²) in [6.07, 6.45) is 1.61. The average Bonchev–Trinajstić information content (AvgIpc) is 2.75. The first kappa shape index (κ1) is 19.4. The molecule has 2 heterocycles. The molecule has 6 heteroatoms. The average molecular weight is 399 g/mol. The van der Waals surface area contributed by atoms with Gasteiger partial charge in [-0.25, -0.2) is 4.98 Å². The van der Waals surface area contributed by atoms with Gasteiger partial charge in [0.1, 0.15) is 17.2 Å². The monoisotopic (exact) mass is 399 g/mol. The van der Waals surface area contributed by atoms with Crippen molar-refractivity contribution in [3.63, 3.8) is 0 Å². The molecule has 0 saturated carbocycles. The highest BCUT2D eigenvalue weighted by atomic mass is 16.5. The number of anilines is 1. The molecule has 150 valence electrons. The number of ether oxygens (including phenoxy) is 2. The molecule has 4 rings (SSSR count). The molecule has 1 N–H and O–H groups in total. The molecule has 2 aromatic carbocycles. The molecule has 6 nitrogen and oxygen atoms in total. The van der Waals surface area contributed by atoms with Crippen LogP contribution in [0.4, 0.5) is 5.69 Å². The SMILES string of the molecule is COc1ccc(Oc2ncccc2NC(=O)c2cc3cc(C)ccc3nc2C)cc1. The predicted octanol–water partition coefficient (Wildman–Crippen LogP) is 5.30. The van der Waals surface area contributed by atoms with Gasteiger partial charge >= 0.3 is 0 Å². The molecule has 0 fully saturated rings. The minimum absolute atomic E-state index is 0.268. The Kier molecular flexibility index (Phi) is 5.30. The first-order chi connectivity index (χ1) is 14.5. The number of hydrogen-bond acceptors (Lipinski definition) is 5. The molecular weight excluding hydrogens is 378 g/mol. The fourth-order valence-corrected chi connectivity index (χ4v) is 3.13. The number of fused-ring (bicyclic) bond motifs is 1. The van der Waals surface area contributed by atoms with Crippen LogP contribution in [0.3, 0.4) is 0 Å². The van der Waals surface area contributed by atoms with Crippen molar-refractivity contribution in [2.45, 2.75) is 13.8 Å². The maximum atomic E-state index is 13.0. The number of nitrogens with one attached hydrogen (secondary N) is 1. The first-order valence-corrected chi connectivity index (χ1v) is 9.50. The number of amides is 1. The van der Waals surface area contributed by atoms with Crippen LogP contribution < -0.4 is 14.8 Å². The zero-order valence-electron chi connectivity index (χ0n) is 17.0. The van der Waals surface area contributed by atoms with E-state index < -0.39 is 0 Å². The number of benzene rings is 2. The summed E-state index contributed by atoms with van der Waals surface area (Å²) >= 11 is 0. The number of hydrogen-bond donors (Lipinski definition) is 1. The van der Waals surface area contributed by atoms with Gasteiger partial charge in [0.05, 0.1) is 23.9 Å². The lowest BCUT2D eigenvalue weighted by atomic mass is 10.1. The number of carbonyl (C=O) groups excluding carboxylic acids is 1. The summed E-state index contributed by atoms with van der Waals surface area (Å²) < 4.78 is 11.0. The molecule has 30 heavy (non-hydrogen) atoms. The second kappa shape index (κ2) is 8.21. The van der Waals surface area contributed by atoms with Gasteiger partial charge in [0.2, 0.25) is 5.88 Å². The van der Waals surface area contributed by atoms with Crippen molar-refractivity contribution < 1.29 is 14.3 Å². The Hall–Kier alpha value is -3.93. The number of aromatic nitrogens is 2. The summed E-state index contributed by atoms with van der Waals surface area (Å²) in [6, 6.07) is 18.5. The highest BCUT2D eigenvalue weighted by Crippen LogP contribution is 2.29. The van der Waals surface area contributed by atoms with Gasteiger partial charge in [-0.3, -0.25) is 9.78 Å². The molecule has 0 bridgehead atoms. The Bertz CT molecular complexity index is 1220. The van der Waals surface area contributed by atoms with Crippen molar-refractivity contribution in [1.29, 1.82) is 0 Å². The van der Waals surface area contributed by atoms with Gasteiger partial charge in [-0.15, -0.1) is 0 Å². The summed E-state index contributed by atoms with van der Waals surface area (Å²) in [4.78, 5) is 21.8. The van der Waals surface area contributed by atoms with Crippen molar-refractivity contribution in [2.24, 2.45) is 0 Å². The van der Waals surface area contributed by atoms with E-state index in [4.69, 9.17) is 9.47 Å². The first-order valence-electron chi connectivity index (χ1n) is 9.50. The van der Waals surface area contributed by atoms with E-state index in [1.54, 1.807) is 49.7 Å². The lowest BCUT2D eigenvalue weighted by Gasteiger charge is -2.13. The lowest BCUT2D eigenvalue weighted by Crippen LogP contribution is -2.15. The summed E-state index contributed by atoms with van der Waals surface area (Å²) in [5.41, 5.74) is 3.61. The molecule has 0 aliphatic rings. The van der Waals surface area contributed by atoms with Gasteiger partial charge in [-0.05, 0) is 68.4 Å². The highest BCUT2D eigenvalue weighted by molar-refractivity contribution is 6.07. The molecule has 0 aliphatic heterocycles. The van der Waals surface area contributed by atoms with Crippen LogP contribution in [0.1, 0.15) is 21.6 Å². The fourth-order valence-electron chi connectivity index (χ4n) is 3.13. The molecule has 0 saturated heterocycles. The largest absolute Gasteiger partial charge is 0.497 e. The van der Waals surface area contributed by atoms with E-state index in [0.29, 0.717) is 28.6 Å². The van der Waals surface area contributed by atoms with Crippen LogP contribution in [0.2, 0.25) is 0 Å². The number of nitrogens with zero attached hydrogens (tertiary/aromatic N) is 2. The zero-order chi connectivity index (χ0) is 21.1. The van der Waals surface area contributed by atoms with Crippen LogP contribution in [0.15, 0.2) is 66.9 Å². The zero-order valence-corrected chi connectivity index (χ0v) is 17.0. The lowest BCUT2D eigenvalue weighted by molar-refractivity contribution is 0.102. The predicted molar refractivity (Wildman–Crippen MR) is 116 cm³/mol. The summed E-state index contributed by atoms with van der Waals surface area (Å²) in [6.45, 7) is 3.84. The van der Waals surface area contributed by atoms with E-state index in [1.807, 2.05) is 38.1 Å². The van der Waals surface area contributed by atoms with E-state index in [0.717, 1.165) is 22.2 Å². The van der Waals surface area contributed by atoms with Crippen molar-refractivity contribution >= 4 is 22.5 Å². The quantitative estimate of drug-likeness (QED) is 0.493. The molecule has 4 aromatic rings. The molecule has 0 aliphatic carbocycles. The fraction of sp³-hybridized carbons (Fsp3) is 0.125. The van der Waals surface area contributed by atoms with Crippen LogP contribution in [-0.4, -0.2) is 23.0 Å². The third-order valence-corrected chi connectivity index (χ3v) is 4.70. The van der Waals surface area contributed by atoms with Gasteiger partial charge < -0.3 is 14.8 Å². The molecule has 0 spiro atoms. The van der Waals surface area contributed by atoms with E-state index >= 15 is 0 Å². The Balaban J connectivity index is 1.60. The highest BCUT2D eigenvalue weighted by Gasteiger charge is 2.15. The van der Waals surface area contributed by atoms with Crippen molar-refractivity contribution in [1.82, 2.24) is 9.97 Å². The number of aryl methyl sites for hydroxylation is 2. The van der Waals surface area contributed by atoms with Crippen LogP contribution in [0.5, 0.6) is 17.4 Å². The van der Waals surface area contributed by atoms with Crippen LogP contribution in [0, 0.1) is 13.8 Å². The number of carbonyl (C=O) groups is 1. The van der Waals surface area contributed by atoms with Crippen molar-refractivity contribution in [2.75, 3.05) is 12.4 Å². The van der Waals surface area contributed by atoms with Crippen molar-refractivity contribution in [3.05, 3.63) is 83.7 Å². The van der Waals surface area contributed by atoms with E-state index in [9.17, 15) is 4.79 Å². The second-order valence-corrected chi connectivity index (χ2v) is 6.91. The minimum atomic E-state index is -0.268. The topological polar surface area (TPSA) is 73.3 Å². The Labute approximate surface area is 174 Å². The van der Waals surface area contributed by atoms with Crippen molar-refractivity contribution in [3.8, 4) is 17.4 Å². The van der Waals surface area contributed by atoms with Gasteiger partial charge in [0.25, 0.3) is 5.91 Å². The van der Waals surface area contributed by atoms with E-state index in [2.05, 4.69) is 15.3 Å². The number of rotatable bonds is 5. The maximum Gasteiger partial charge on any atom is 0.257 e. The van der Waals surface area contributed by atoms with Gasteiger partial charge in [-0.2, -0.15) is 0 Å². The molecular formula is C24H21N3O3. The third kappa shape index (κ3) is 4.07. The van der Waals surface area contributed by atoms with E-state index in [-0.39, 0.29) is 5.91 Å². The number of methoxy groups -OCH3 is 1. The summed E-state index contributed by atoms with van der Waals surface area (Å²) in [5.74, 6) is 1.35. The Morgan fingerprint density at radius 3 is 2.50 bits per heavy atom. The van der Waals surface area contributed by atoms with Gasteiger partial charge in [-0.1, -0.05) is 11.6 Å². The molecule has 0 radical (unpaired) electrons.